The Morgan fingerprint density at radius 1 is 0.893 bits per heavy atom. The van der Waals surface area contributed by atoms with E-state index in [1.54, 1.807) is 13.2 Å². The number of likely N-dealkylation sites (N-methyl/N-ethyl adjacent to an activating group) is 1. The van der Waals surface area contributed by atoms with Crippen molar-refractivity contribution in [2.75, 3.05) is 34.3 Å². The van der Waals surface area contributed by atoms with E-state index in [-0.39, 0.29) is 11.8 Å². The molecule has 0 aromatic heterocycles. The zero-order chi connectivity index (χ0) is 19.8. The minimum Gasteiger partial charge on any atom is -0.497 e. The third-order valence-electron chi connectivity index (χ3n) is 5.14. The van der Waals surface area contributed by atoms with Crippen molar-refractivity contribution in [3.63, 3.8) is 0 Å². The summed E-state index contributed by atoms with van der Waals surface area (Å²) in [4.78, 5) is 29.4. The molecule has 0 saturated heterocycles. The van der Waals surface area contributed by atoms with Gasteiger partial charge in [-0.1, -0.05) is 30.3 Å². The highest BCUT2D eigenvalue weighted by Gasteiger charge is 2.33. The predicted octanol–water partition coefficient (Wildman–Crippen LogP) is 3.67. The van der Waals surface area contributed by atoms with Gasteiger partial charge in [-0.25, -0.2) is 0 Å². The number of benzene rings is 3. The monoisotopic (exact) mass is 374 g/mol. The van der Waals surface area contributed by atoms with Gasteiger partial charge in [-0.15, -0.1) is 0 Å². The predicted molar refractivity (Wildman–Crippen MR) is 110 cm³/mol. The van der Waals surface area contributed by atoms with Gasteiger partial charge in [0.15, 0.2) is 0 Å². The Bertz CT molecular complexity index is 1070. The second kappa shape index (κ2) is 7.09. The molecule has 142 valence electrons. The molecule has 28 heavy (non-hydrogen) atoms. The number of hydrogen-bond acceptors (Lipinski definition) is 4. The molecular formula is C23H22N2O3. The van der Waals surface area contributed by atoms with Crippen LogP contribution in [0.4, 0.5) is 0 Å². The Morgan fingerprint density at radius 2 is 1.57 bits per heavy atom. The van der Waals surface area contributed by atoms with Gasteiger partial charge in [0.25, 0.3) is 11.8 Å². The number of carbonyl (C=O) groups is 2. The van der Waals surface area contributed by atoms with Crippen molar-refractivity contribution in [1.82, 2.24) is 9.80 Å². The smallest absolute Gasteiger partial charge is 0.261 e. The first-order chi connectivity index (χ1) is 13.5. The zero-order valence-corrected chi connectivity index (χ0v) is 16.2. The summed E-state index contributed by atoms with van der Waals surface area (Å²) < 4.78 is 5.34. The number of hydrogen-bond donors (Lipinski definition) is 0. The van der Waals surface area contributed by atoms with Gasteiger partial charge in [0.2, 0.25) is 0 Å². The van der Waals surface area contributed by atoms with Crippen LogP contribution in [-0.2, 0) is 0 Å². The molecule has 0 spiro atoms. The van der Waals surface area contributed by atoms with Crippen LogP contribution in [0.1, 0.15) is 20.7 Å². The molecule has 1 aliphatic heterocycles. The van der Waals surface area contributed by atoms with Crippen molar-refractivity contribution < 1.29 is 14.3 Å². The lowest BCUT2D eigenvalue weighted by molar-refractivity contribution is 0.0601. The number of imide groups is 1. The average molecular weight is 374 g/mol. The largest absolute Gasteiger partial charge is 0.497 e. The molecule has 5 heteroatoms. The fraction of sp³-hybridized carbons (Fsp3) is 0.217. The van der Waals surface area contributed by atoms with Crippen LogP contribution < -0.4 is 4.74 Å². The Labute approximate surface area is 164 Å². The minimum atomic E-state index is -0.229. The van der Waals surface area contributed by atoms with E-state index < -0.39 is 0 Å². The molecule has 0 atom stereocenters. The van der Waals surface area contributed by atoms with Crippen LogP contribution >= 0.6 is 0 Å². The van der Waals surface area contributed by atoms with Crippen molar-refractivity contribution in [1.29, 1.82) is 0 Å². The normalized spacial score (nSPS) is 13.5. The van der Waals surface area contributed by atoms with Gasteiger partial charge in [-0.3, -0.25) is 14.5 Å². The molecule has 1 heterocycles. The maximum Gasteiger partial charge on any atom is 0.261 e. The Balaban J connectivity index is 1.88. The standard InChI is InChI=1S/C23H22N2O3/c1-24(2)12-13-25-22(26)19-9-5-8-18-17(10-11-20(21(18)19)23(25)27)15-6-4-7-16(14-15)28-3/h4-11,14H,12-13H2,1-3H3. The van der Waals surface area contributed by atoms with E-state index in [2.05, 4.69) is 0 Å². The number of methoxy groups -OCH3 is 1. The molecule has 2 amide bonds. The molecule has 0 aliphatic carbocycles. The van der Waals surface area contributed by atoms with E-state index >= 15 is 0 Å². The lowest BCUT2D eigenvalue weighted by Crippen LogP contribution is -2.43. The molecule has 3 aromatic carbocycles. The van der Waals surface area contributed by atoms with Crippen LogP contribution in [0.25, 0.3) is 21.9 Å². The lowest BCUT2D eigenvalue weighted by Gasteiger charge is -2.28. The van der Waals surface area contributed by atoms with Crippen LogP contribution in [0.15, 0.2) is 54.6 Å². The van der Waals surface area contributed by atoms with Gasteiger partial charge >= 0.3 is 0 Å². The Hall–Kier alpha value is -3.18. The summed E-state index contributed by atoms with van der Waals surface area (Å²) in [6, 6.07) is 17.2. The highest BCUT2D eigenvalue weighted by Crippen LogP contribution is 2.37. The summed E-state index contributed by atoms with van der Waals surface area (Å²) in [5, 5.41) is 1.64. The molecule has 0 fully saturated rings. The van der Waals surface area contributed by atoms with Crippen LogP contribution in [0.2, 0.25) is 0 Å². The third kappa shape index (κ3) is 2.94. The van der Waals surface area contributed by atoms with Crippen molar-refractivity contribution in [3.8, 4) is 16.9 Å². The highest BCUT2D eigenvalue weighted by atomic mass is 16.5. The second-order valence-corrected chi connectivity index (χ2v) is 7.19. The molecule has 0 N–H and O–H groups in total. The number of ether oxygens (including phenoxy) is 1. The van der Waals surface area contributed by atoms with Gasteiger partial charge in [0, 0.05) is 29.6 Å². The Morgan fingerprint density at radius 3 is 2.29 bits per heavy atom. The third-order valence-corrected chi connectivity index (χ3v) is 5.14. The van der Waals surface area contributed by atoms with Crippen LogP contribution in [0.3, 0.4) is 0 Å². The van der Waals surface area contributed by atoms with Gasteiger partial charge in [-0.2, -0.15) is 0 Å². The maximum absolute atomic E-state index is 13.0. The summed E-state index contributed by atoms with van der Waals surface area (Å²) in [6.07, 6.45) is 0. The van der Waals surface area contributed by atoms with E-state index in [9.17, 15) is 9.59 Å². The van der Waals surface area contributed by atoms with Gasteiger partial charge in [-0.05, 0) is 54.9 Å². The maximum atomic E-state index is 13.0. The average Bonchev–Trinajstić information content (AvgIpc) is 2.71. The zero-order valence-electron chi connectivity index (χ0n) is 16.2. The van der Waals surface area contributed by atoms with Crippen molar-refractivity contribution in [2.24, 2.45) is 0 Å². The molecule has 0 bridgehead atoms. The summed E-state index contributed by atoms with van der Waals surface area (Å²) in [6.45, 7) is 1.00. The van der Waals surface area contributed by atoms with E-state index in [1.165, 1.54) is 4.90 Å². The van der Waals surface area contributed by atoms with Crippen molar-refractivity contribution in [2.45, 2.75) is 0 Å². The van der Waals surface area contributed by atoms with E-state index in [4.69, 9.17) is 4.74 Å². The number of carbonyl (C=O) groups excluding carboxylic acids is 2. The van der Waals surface area contributed by atoms with Gasteiger partial charge in [0.1, 0.15) is 5.75 Å². The lowest BCUT2D eigenvalue weighted by atomic mass is 9.89. The molecule has 4 rings (SSSR count). The summed E-state index contributed by atoms with van der Waals surface area (Å²) in [7, 11) is 5.48. The number of rotatable bonds is 5. The van der Waals surface area contributed by atoms with E-state index in [1.807, 2.05) is 67.5 Å². The van der Waals surface area contributed by atoms with Gasteiger partial charge in [0.05, 0.1) is 7.11 Å². The second-order valence-electron chi connectivity index (χ2n) is 7.19. The first kappa shape index (κ1) is 18.2. The minimum absolute atomic E-state index is 0.229. The molecule has 0 unspecified atom stereocenters. The van der Waals surface area contributed by atoms with Crippen molar-refractivity contribution in [3.05, 3.63) is 65.7 Å². The fourth-order valence-corrected chi connectivity index (χ4v) is 3.69. The molecule has 0 saturated carbocycles. The van der Waals surface area contributed by atoms with Crippen molar-refractivity contribution >= 4 is 22.6 Å². The first-order valence-corrected chi connectivity index (χ1v) is 9.22. The number of amides is 2. The van der Waals surface area contributed by atoms with Gasteiger partial charge < -0.3 is 9.64 Å². The van der Waals surface area contributed by atoms with E-state index in [0.29, 0.717) is 24.2 Å². The molecule has 3 aromatic rings. The SMILES string of the molecule is COc1cccc(-c2ccc3c4c(cccc24)C(=O)N(CCN(C)C)C3=O)c1. The highest BCUT2D eigenvalue weighted by molar-refractivity contribution is 6.26. The summed E-state index contributed by atoms with van der Waals surface area (Å²) in [5.41, 5.74) is 3.12. The quantitative estimate of drug-likeness (QED) is 0.640. The first-order valence-electron chi connectivity index (χ1n) is 9.22. The fourth-order valence-electron chi connectivity index (χ4n) is 3.69. The number of nitrogens with zero attached hydrogens (tertiary/aromatic N) is 2. The van der Waals surface area contributed by atoms with Crippen LogP contribution in [0.5, 0.6) is 5.75 Å². The molecular weight excluding hydrogens is 352 g/mol. The summed E-state index contributed by atoms with van der Waals surface area (Å²) in [5.74, 6) is 0.306. The van der Waals surface area contributed by atoms with Crippen LogP contribution in [0, 0.1) is 0 Å². The molecule has 1 aliphatic rings. The van der Waals surface area contributed by atoms with E-state index in [0.717, 1.165) is 27.6 Å². The Kier molecular flexibility index (Phi) is 4.61. The summed E-state index contributed by atoms with van der Waals surface area (Å²) >= 11 is 0. The van der Waals surface area contributed by atoms with Crippen LogP contribution in [-0.4, -0.2) is 55.9 Å². The topological polar surface area (TPSA) is 49.9 Å². The molecule has 0 radical (unpaired) electrons. The molecule has 5 nitrogen and oxygen atoms in total.